The van der Waals surface area contributed by atoms with Gasteiger partial charge in [-0.15, -0.1) is 0 Å². The van der Waals surface area contributed by atoms with Crippen LogP contribution in [0.15, 0.2) is 60.7 Å². The van der Waals surface area contributed by atoms with Crippen LogP contribution in [0.5, 0.6) is 0 Å². The zero-order valence-electron chi connectivity index (χ0n) is 17.6. The van der Waals surface area contributed by atoms with Gasteiger partial charge in [-0.25, -0.2) is 0 Å². The highest BCUT2D eigenvalue weighted by Crippen LogP contribution is 2.36. The Morgan fingerprint density at radius 2 is 1.30 bits per heavy atom. The van der Waals surface area contributed by atoms with Gasteiger partial charge < -0.3 is 9.74 Å². The monoisotopic (exact) mass is 383 g/mol. The van der Waals surface area contributed by atoms with E-state index in [0.717, 1.165) is 26.1 Å². The molecule has 2 aromatic rings. The summed E-state index contributed by atoms with van der Waals surface area (Å²) in [4.78, 5) is 0. The van der Waals surface area contributed by atoms with Crippen molar-refractivity contribution in [1.82, 2.24) is 5.32 Å². The molecule has 0 unspecified atom stereocenters. The van der Waals surface area contributed by atoms with Crippen LogP contribution in [-0.4, -0.2) is 28.0 Å². The van der Waals surface area contributed by atoms with Crippen LogP contribution in [-0.2, 0) is 4.43 Å². The Morgan fingerprint density at radius 1 is 0.778 bits per heavy atom. The molecule has 0 aromatic heterocycles. The molecule has 2 nitrogen and oxygen atoms in total. The van der Waals surface area contributed by atoms with Crippen LogP contribution >= 0.6 is 0 Å². The topological polar surface area (TPSA) is 21.3 Å². The van der Waals surface area contributed by atoms with Gasteiger partial charge in [-0.2, -0.15) is 0 Å². The molecule has 0 radical (unpaired) electrons. The average Bonchev–Trinajstić information content (AvgIpc) is 2.67. The molecule has 0 atom stereocenters. The minimum absolute atomic E-state index is 0.0646. The third-order valence-corrected chi connectivity index (χ3v) is 10.2. The summed E-state index contributed by atoms with van der Waals surface area (Å²) in [5.74, 6) is 0. The van der Waals surface area contributed by atoms with E-state index in [4.69, 9.17) is 4.43 Å². The van der Waals surface area contributed by atoms with Gasteiger partial charge in [-0.3, -0.25) is 0 Å². The second-order valence-corrected chi connectivity index (χ2v) is 12.6. The summed E-state index contributed by atoms with van der Waals surface area (Å²) in [5.41, 5.74) is 0. The average molecular weight is 384 g/mol. The van der Waals surface area contributed by atoms with Crippen molar-refractivity contribution in [1.29, 1.82) is 0 Å². The molecule has 148 valence electrons. The molecule has 0 aliphatic carbocycles. The first-order chi connectivity index (χ1) is 13.0. The first-order valence-corrected chi connectivity index (χ1v) is 12.4. The van der Waals surface area contributed by atoms with Gasteiger partial charge in [0.15, 0.2) is 0 Å². The molecule has 0 aliphatic heterocycles. The maximum atomic E-state index is 6.91. The number of rotatable bonds is 11. The molecule has 0 saturated heterocycles. The molecule has 0 bridgehead atoms. The van der Waals surface area contributed by atoms with Gasteiger partial charge in [0.05, 0.1) is 0 Å². The molecule has 2 rings (SSSR count). The Balaban J connectivity index is 2.15. The highest BCUT2D eigenvalue weighted by Gasteiger charge is 2.49. The van der Waals surface area contributed by atoms with E-state index in [9.17, 15) is 0 Å². The lowest BCUT2D eigenvalue weighted by molar-refractivity contribution is 0.287. The number of benzene rings is 2. The van der Waals surface area contributed by atoms with Crippen molar-refractivity contribution in [2.24, 2.45) is 0 Å². The molecule has 0 spiro atoms. The standard InChI is InChI=1S/C24H37NOSi/c1-5-6-19-25-20-13-14-21-26-27(24(2,3)4,22-15-9-7-10-16-22)23-17-11-8-12-18-23/h7-12,15-18,25H,5-6,13-14,19-21H2,1-4H3. The zero-order valence-corrected chi connectivity index (χ0v) is 18.6. The van der Waals surface area contributed by atoms with Crippen molar-refractivity contribution in [3.63, 3.8) is 0 Å². The predicted octanol–water partition coefficient (Wildman–Crippen LogP) is 4.73. The molecule has 2 aromatic carbocycles. The predicted molar refractivity (Wildman–Crippen MR) is 121 cm³/mol. The Labute approximate surface area is 167 Å². The van der Waals surface area contributed by atoms with Crippen LogP contribution < -0.4 is 15.7 Å². The molecule has 0 amide bonds. The van der Waals surface area contributed by atoms with Gasteiger partial charge in [0.25, 0.3) is 8.32 Å². The lowest BCUT2D eigenvalue weighted by Gasteiger charge is -2.43. The normalized spacial score (nSPS) is 12.3. The third kappa shape index (κ3) is 5.77. The second kappa shape index (κ2) is 10.8. The first-order valence-electron chi connectivity index (χ1n) is 10.5. The van der Waals surface area contributed by atoms with Crippen LogP contribution in [0.3, 0.4) is 0 Å². The van der Waals surface area contributed by atoms with Crippen LogP contribution in [0.2, 0.25) is 5.04 Å². The molecule has 0 heterocycles. The van der Waals surface area contributed by atoms with E-state index < -0.39 is 8.32 Å². The van der Waals surface area contributed by atoms with Gasteiger partial charge in [-0.05, 0) is 47.8 Å². The first kappa shape index (κ1) is 21.9. The Morgan fingerprint density at radius 3 is 1.78 bits per heavy atom. The van der Waals surface area contributed by atoms with Gasteiger partial charge in [0.2, 0.25) is 0 Å². The van der Waals surface area contributed by atoms with E-state index in [0.29, 0.717) is 0 Å². The number of hydrogen-bond acceptors (Lipinski definition) is 2. The summed E-state index contributed by atoms with van der Waals surface area (Å²) in [6.45, 7) is 12.3. The fraction of sp³-hybridized carbons (Fsp3) is 0.500. The maximum absolute atomic E-state index is 6.91. The van der Waals surface area contributed by atoms with Crippen molar-refractivity contribution in [2.45, 2.75) is 58.4 Å². The third-order valence-electron chi connectivity index (χ3n) is 5.19. The summed E-state index contributed by atoms with van der Waals surface area (Å²) >= 11 is 0. The van der Waals surface area contributed by atoms with Crippen LogP contribution in [0.4, 0.5) is 0 Å². The molecular weight excluding hydrogens is 346 g/mol. The van der Waals surface area contributed by atoms with Crippen LogP contribution in [0.25, 0.3) is 0 Å². The van der Waals surface area contributed by atoms with Gasteiger partial charge in [0.1, 0.15) is 0 Å². The number of nitrogens with one attached hydrogen (secondary N) is 1. The molecular formula is C24H37NOSi. The highest BCUT2D eigenvalue weighted by atomic mass is 28.4. The quantitative estimate of drug-likeness (QED) is 0.447. The minimum Gasteiger partial charge on any atom is -0.407 e. The van der Waals surface area contributed by atoms with Crippen molar-refractivity contribution in [3.05, 3.63) is 60.7 Å². The highest BCUT2D eigenvalue weighted by molar-refractivity contribution is 6.99. The SMILES string of the molecule is CCCCNCCCCO[Si](c1ccccc1)(c1ccccc1)C(C)(C)C. The number of unbranched alkanes of at least 4 members (excludes halogenated alkanes) is 2. The Bertz CT molecular complexity index is 597. The molecule has 3 heteroatoms. The minimum atomic E-state index is -2.35. The summed E-state index contributed by atoms with van der Waals surface area (Å²) in [6, 6.07) is 21.8. The fourth-order valence-corrected chi connectivity index (χ4v) is 8.37. The van der Waals surface area contributed by atoms with Crippen molar-refractivity contribution < 1.29 is 4.43 Å². The lowest BCUT2D eigenvalue weighted by Crippen LogP contribution is -2.66. The molecule has 1 N–H and O–H groups in total. The largest absolute Gasteiger partial charge is 0.407 e. The van der Waals surface area contributed by atoms with E-state index in [2.05, 4.69) is 93.7 Å². The van der Waals surface area contributed by atoms with Crippen LogP contribution in [0.1, 0.15) is 53.4 Å². The van der Waals surface area contributed by atoms with E-state index in [1.807, 2.05) is 0 Å². The molecule has 0 saturated carbocycles. The molecule has 0 fully saturated rings. The van der Waals surface area contributed by atoms with E-state index >= 15 is 0 Å². The van der Waals surface area contributed by atoms with Crippen molar-refractivity contribution in [3.8, 4) is 0 Å². The van der Waals surface area contributed by atoms with Gasteiger partial charge in [-0.1, -0.05) is 94.8 Å². The van der Waals surface area contributed by atoms with Gasteiger partial charge in [0, 0.05) is 6.61 Å². The lowest BCUT2D eigenvalue weighted by atomic mass is 10.2. The molecule has 0 aliphatic rings. The zero-order chi connectivity index (χ0) is 19.6. The van der Waals surface area contributed by atoms with Crippen molar-refractivity contribution >= 4 is 18.7 Å². The molecule has 27 heavy (non-hydrogen) atoms. The Kier molecular flexibility index (Phi) is 8.74. The summed E-state index contributed by atoms with van der Waals surface area (Å²) < 4.78 is 6.91. The van der Waals surface area contributed by atoms with Crippen molar-refractivity contribution in [2.75, 3.05) is 19.7 Å². The Hall–Kier alpha value is -1.42. The van der Waals surface area contributed by atoms with Gasteiger partial charge >= 0.3 is 0 Å². The number of hydrogen-bond donors (Lipinski definition) is 1. The van der Waals surface area contributed by atoms with E-state index in [1.54, 1.807) is 0 Å². The fourth-order valence-electron chi connectivity index (χ4n) is 3.77. The van der Waals surface area contributed by atoms with E-state index in [1.165, 1.54) is 29.6 Å². The maximum Gasteiger partial charge on any atom is 0.261 e. The summed E-state index contributed by atoms with van der Waals surface area (Å²) in [6.07, 6.45) is 4.79. The summed E-state index contributed by atoms with van der Waals surface area (Å²) in [7, 11) is -2.35. The smallest absolute Gasteiger partial charge is 0.261 e. The second-order valence-electron chi connectivity index (χ2n) is 8.32. The van der Waals surface area contributed by atoms with Crippen LogP contribution in [0, 0.1) is 0 Å². The summed E-state index contributed by atoms with van der Waals surface area (Å²) in [5, 5.41) is 6.33. The van der Waals surface area contributed by atoms with E-state index in [-0.39, 0.29) is 5.04 Å².